The zero-order chi connectivity index (χ0) is 32.2. The van der Waals surface area contributed by atoms with E-state index in [0.29, 0.717) is 23.4 Å². The number of hydrogen-bond donors (Lipinski definition) is 0. The van der Waals surface area contributed by atoms with Crippen LogP contribution in [0.15, 0.2) is 65.6 Å². The highest BCUT2D eigenvalue weighted by Crippen LogP contribution is 2.32. The molecule has 0 saturated heterocycles. The molecule has 0 saturated carbocycles. The Morgan fingerprint density at radius 2 is 1.84 bits per heavy atom. The molecule has 0 fully saturated rings. The maximum absolute atomic E-state index is 13.9. The number of aromatic nitrogens is 3. The van der Waals surface area contributed by atoms with Crippen LogP contribution in [-0.4, -0.2) is 51.8 Å². The zero-order valence-corrected chi connectivity index (χ0v) is 24.5. The van der Waals surface area contributed by atoms with E-state index in [4.69, 9.17) is 0 Å². The number of hydrogen-bond acceptors (Lipinski definition) is 7. The van der Waals surface area contributed by atoms with Gasteiger partial charge in [-0.15, -0.1) is 0 Å². The van der Waals surface area contributed by atoms with Gasteiger partial charge in [-0.1, -0.05) is 13.0 Å². The van der Waals surface area contributed by atoms with Gasteiger partial charge in [-0.2, -0.15) is 18.4 Å². The van der Waals surface area contributed by atoms with Crippen LogP contribution in [0, 0.1) is 17.1 Å². The second-order valence-corrected chi connectivity index (χ2v) is 12.5. The molecule has 0 aliphatic heterocycles. The zero-order valence-electron chi connectivity index (χ0n) is 23.7. The van der Waals surface area contributed by atoms with Crippen molar-refractivity contribution in [1.82, 2.24) is 19.4 Å². The molecule has 2 aromatic heterocycles. The van der Waals surface area contributed by atoms with Crippen molar-refractivity contribution in [1.29, 1.82) is 5.26 Å². The average Bonchev–Trinajstić information content (AvgIpc) is 2.99. The molecular formula is C30H27F4N5O4S. The number of nitriles is 1. The molecule has 0 N–H and O–H groups in total. The second-order valence-electron chi connectivity index (χ2n) is 9.99. The van der Waals surface area contributed by atoms with Crippen LogP contribution in [0.2, 0.25) is 0 Å². The molecule has 0 bridgehead atoms. The van der Waals surface area contributed by atoms with Gasteiger partial charge in [0.1, 0.15) is 21.5 Å². The third-order valence-corrected chi connectivity index (χ3v) is 8.86. The summed E-state index contributed by atoms with van der Waals surface area (Å²) in [6, 6.07) is 12.4. The number of nitrogens with zero attached hydrogens (tertiary/aromatic N) is 5. The molecule has 0 radical (unpaired) electrons. The van der Waals surface area contributed by atoms with Crippen molar-refractivity contribution in [2.45, 2.75) is 38.9 Å². The molecule has 2 heterocycles. The summed E-state index contributed by atoms with van der Waals surface area (Å²) in [5, 5.41) is 9.39. The summed E-state index contributed by atoms with van der Waals surface area (Å²) in [6.45, 7) is 2.89. The number of fused-ring (bicyclic) bond motifs is 1. The average molecular weight is 630 g/mol. The monoisotopic (exact) mass is 629 g/mol. The summed E-state index contributed by atoms with van der Waals surface area (Å²) in [7, 11) is -3.42. The van der Waals surface area contributed by atoms with Gasteiger partial charge in [-0.3, -0.25) is 14.2 Å². The number of alkyl halides is 3. The Labute approximate surface area is 250 Å². The number of carbonyl (C=O) groups is 1. The molecule has 0 aliphatic rings. The smallest absolute Gasteiger partial charge is 0.332 e. The first kappa shape index (κ1) is 32.3. The van der Waals surface area contributed by atoms with Crippen LogP contribution in [0.4, 0.5) is 17.6 Å². The fourth-order valence-corrected chi connectivity index (χ4v) is 5.56. The van der Waals surface area contributed by atoms with E-state index in [-0.39, 0.29) is 46.9 Å². The van der Waals surface area contributed by atoms with E-state index in [2.05, 4.69) is 9.97 Å². The molecule has 230 valence electrons. The predicted octanol–water partition coefficient (Wildman–Crippen LogP) is 4.77. The van der Waals surface area contributed by atoms with Crippen molar-refractivity contribution >= 4 is 26.8 Å². The summed E-state index contributed by atoms with van der Waals surface area (Å²) in [4.78, 5) is 37.4. The molecule has 0 unspecified atom stereocenters. The summed E-state index contributed by atoms with van der Waals surface area (Å²) in [5.74, 6) is -2.52. The third-order valence-electron chi connectivity index (χ3n) is 7.07. The topological polar surface area (TPSA) is 126 Å². The lowest BCUT2D eigenvalue weighted by atomic mass is 10.1. The lowest BCUT2D eigenvalue weighted by Crippen LogP contribution is -2.39. The minimum absolute atomic E-state index is 0.00357. The highest BCUT2D eigenvalue weighted by atomic mass is 32.2. The molecule has 44 heavy (non-hydrogen) atoms. The largest absolute Gasteiger partial charge is 0.419 e. The fourth-order valence-electron chi connectivity index (χ4n) is 4.70. The summed E-state index contributed by atoms with van der Waals surface area (Å²) < 4.78 is 79.6. The third kappa shape index (κ3) is 7.11. The molecular weight excluding hydrogens is 602 g/mol. The van der Waals surface area contributed by atoms with Crippen molar-refractivity contribution in [2.75, 3.05) is 18.1 Å². The van der Waals surface area contributed by atoms with E-state index in [1.165, 1.54) is 52.9 Å². The van der Waals surface area contributed by atoms with Crippen LogP contribution in [0.25, 0.3) is 16.7 Å². The van der Waals surface area contributed by atoms with E-state index < -0.39 is 51.3 Å². The molecule has 14 heteroatoms. The summed E-state index contributed by atoms with van der Waals surface area (Å²) in [6.07, 6.45) is -4.12. The van der Waals surface area contributed by atoms with Crippen LogP contribution in [-0.2, 0) is 27.2 Å². The Kier molecular flexibility index (Phi) is 9.48. The van der Waals surface area contributed by atoms with E-state index in [9.17, 15) is 40.8 Å². The van der Waals surface area contributed by atoms with Gasteiger partial charge in [-0.05, 0) is 67.4 Å². The Bertz CT molecular complexity index is 1900. The second kappa shape index (κ2) is 12.9. The quantitative estimate of drug-likeness (QED) is 0.232. The minimum Gasteiger partial charge on any atom is -0.332 e. The Morgan fingerprint density at radius 3 is 2.48 bits per heavy atom. The van der Waals surface area contributed by atoms with Crippen LogP contribution < -0.4 is 5.56 Å². The van der Waals surface area contributed by atoms with Gasteiger partial charge in [0.25, 0.3) is 5.56 Å². The van der Waals surface area contributed by atoms with Gasteiger partial charge in [0.05, 0.1) is 46.5 Å². The molecule has 1 amide bonds. The van der Waals surface area contributed by atoms with Gasteiger partial charge >= 0.3 is 6.18 Å². The normalized spacial score (nSPS) is 12.6. The summed E-state index contributed by atoms with van der Waals surface area (Å²) in [5.41, 5.74) is -1.42. The molecule has 0 spiro atoms. The first-order chi connectivity index (χ1) is 20.8. The standard InChI is InChI=1S/C30H27F4N5O4S/c1-3-44(42,43)15-5-14-38(26(40)17-21-9-12-25(31)24(16-21)30(32,33)34)19(2)28-37-27-23(6-4-13-36-27)29(41)39(28)22-10-7-20(18-35)8-11-22/h4,6-13,16,19H,3,5,14-15,17H2,1-2H3/t19-/m1/s1. The van der Waals surface area contributed by atoms with Gasteiger partial charge in [0, 0.05) is 18.5 Å². The number of benzene rings is 2. The maximum atomic E-state index is 13.9. The summed E-state index contributed by atoms with van der Waals surface area (Å²) >= 11 is 0. The lowest BCUT2D eigenvalue weighted by molar-refractivity contribution is -0.140. The Morgan fingerprint density at radius 1 is 1.14 bits per heavy atom. The number of rotatable bonds is 10. The van der Waals surface area contributed by atoms with Gasteiger partial charge in [0.15, 0.2) is 5.65 Å². The predicted molar refractivity (Wildman–Crippen MR) is 154 cm³/mol. The first-order valence-electron chi connectivity index (χ1n) is 13.5. The highest BCUT2D eigenvalue weighted by molar-refractivity contribution is 7.91. The van der Waals surface area contributed by atoms with Crippen molar-refractivity contribution in [3.05, 3.63) is 99.5 Å². The van der Waals surface area contributed by atoms with Gasteiger partial charge in [-0.25, -0.2) is 22.8 Å². The van der Waals surface area contributed by atoms with E-state index >= 15 is 0 Å². The van der Waals surface area contributed by atoms with E-state index in [1.54, 1.807) is 13.0 Å². The molecule has 1 atom stereocenters. The minimum atomic E-state index is -4.98. The fraction of sp³-hybridized carbons (Fsp3) is 0.300. The van der Waals surface area contributed by atoms with E-state index in [1.807, 2.05) is 6.07 Å². The van der Waals surface area contributed by atoms with Crippen molar-refractivity contribution in [3.63, 3.8) is 0 Å². The lowest BCUT2D eigenvalue weighted by Gasteiger charge is -2.31. The van der Waals surface area contributed by atoms with Crippen LogP contribution in [0.3, 0.4) is 0 Å². The Hall–Kier alpha value is -4.64. The molecule has 9 nitrogen and oxygen atoms in total. The van der Waals surface area contributed by atoms with E-state index in [0.717, 1.165) is 6.07 Å². The first-order valence-corrected chi connectivity index (χ1v) is 15.3. The maximum Gasteiger partial charge on any atom is 0.419 e. The number of carbonyl (C=O) groups excluding carboxylic acids is 1. The van der Waals surface area contributed by atoms with Crippen LogP contribution in [0.1, 0.15) is 48.8 Å². The van der Waals surface area contributed by atoms with Crippen molar-refractivity contribution < 1.29 is 30.8 Å². The highest BCUT2D eigenvalue weighted by Gasteiger charge is 2.35. The number of sulfone groups is 1. The van der Waals surface area contributed by atoms with Crippen LogP contribution in [0.5, 0.6) is 0 Å². The SMILES string of the molecule is CCS(=O)(=O)CCCN(C(=O)Cc1ccc(F)c(C(F)(F)F)c1)[C@H](C)c1nc2ncccc2c(=O)n1-c1ccc(C#N)cc1. The number of pyridine rings is 1. The Balaban J connectivity index is 1.82. The number of halogens is 4. The van der Waals surface area contributed by atoms with Gasteiger partial charge < -0.3 is 4.90 Å². The van der Waals surface area contributed by atoms with Crippen molar-refractivity contribution in [2.24, 2.45) is 0 Å². The number of amides is 1. The molecule has 2 aromatic carbocycles. The van der Waals surface area contributed by atoms with Gasteiger partial charge in [0.2, 0.25) is 5.91 Å². The van der Waals surface area contributed by atoms with Crippen LogP contribution >= 0.6 is 0 Å². The molecule has 4 aromatic rings. The molecule has 4 rings (SSSR count). The van der Waals surface area contributed by atoms with Crippen molar-refractivity contribution in [3.8, 4) is 11.8 Å². The molecule has 0 aliphatic carbocycles.